The highest BCUT2D eigenvalue weighted by molar-refractivity contribution is 5.97. The summed E-state index contributed by atoms with van der Waals surface area (Å²) in [4.78, 5) is 23.2. The van der Waals surface area contributed by atoms with Crippen LogP contribution >= 0.6 is 0 Å². The summed E-state index contributed by atoms with van der Waals surface area (Å²) in [5.41, 5.74) is 9.42. The van der Waals surface area contributed by atoms with Gasteiger partial charge >= 0.3 is 0 Å². The molecule has 2 aromatic rings. The molecule has 0 fully saturated rings. The molecule has 0 bridgehead atoms. The molecule has 0 saturated heterocycles. The second kappa shape index (κ2) is 7.45. The Morgan fingerprint density at radius 2 is 1.87 bits per heavy atom. The zero-order valence-electron chi connectivity index (χ0n) is 13.3. The third-order valence-corrected chi connectivity index (χ3v) is 3.60. The van der Waals surface area contributed by atoms with Gasteiger partial charge in [-0.05, 0) is 42.7 Å². The number of carbonyl (C=O) groups excluding carboxylic acids is 2. The second-order valence-electron chi connectivity index (χ2n) is 5.31. The molecule has 0 atom stereocenters. The number of anilines is 2. The molecule has 2 amide bonds. The van der Waals surface area contributed by atoms with Gasteiger partial charge < -0.3 is 16.4 Å². The number of nitrogens with two attached hydrogens (primary N) is 1. The molecule has 0 saturated carbocycles. The van der Waals surface area contributed by atoms with Crippen molar-refractivity contribution in [3.8, 4) is 0 Å². The lowest BCUT2D eigenvalue weighted by Gasteiger charge is -2.14. The molecule has 0 aliphatic carbocycles. The molecule has 5 heteroatoms. The molecule has 0 aliphatic rings. The fraction of sp³-hybridized carbons (Fsp3) is 0.222. The Morgan fingerprint density at radius 3 is 2.57 bits per heavy atom. The maximum Gasteiger partial charge on any atom is 0.248 e. The molecule has 2 aromatic carbocycles. The fourth-order valence-electron chi connectivity index (χ4n) is 2.40. The van der Waals surface area contributed by atoms with Crippen molar-refractivity contribution in [2.75, 3.05) is 17.2 Å². The maximum absolute atomic E-state index is 12.1. The van der Waals surface area contributed by atoms with Crippen LogP contribution in [0.3, 0.4) is 0 Å². The number of aryl methyl sites for hydroxylation is 2. The number of rotatable bonds is 6. The molecule has 23 heavy (non-hydrogen) atoms. The Kier molecular flexibility index (Phi) is 5.36. The summed E-state index contributed by atoms with van der Waals surface area (Å²) in [6.07, 6.45) is 0.895. The van der Waals surface area contributed by atoms with Crippen molar-refractivity contribution in [1.29, 1.82) is 0 Å². The predicted octanol–water partition coefficient (Wildman–Crippen LogP) is 2.71. The summed E-state index contributed by atoms with van der Waals surface area (Å²) in [5, 5.41) is 5.94. The van der Waals surface area contributed by atoms with Crippen molar-refractivity contribution in [2.45, 2.75) is 20.3 Å². The van der Waals surface area contributed by atoms with Crippen molar-refractivity contribution in [2.24, 2.45) is 5.73 Å². The van der Waals surface area contributed by atoms with Gasteiger partial charge in [-0.2, -0.15) is 0 Å². The van der Waals surface area contributed by atoms with Gasteiger partial charge in [0.25, 0.3) is 0 Å². The first-order valence-electron chi connectivity index (χ1n) is 7.53. The number of carbonyl (C=O) groups is 2. The highest BCUT2D eigenvalue weighted by Crippen LogP contribution is 2.20. The van der Waals surface area contributed by atoms with Crippen LogP contribution in [0.4, 0.5) is 11.4 Å². The number of hydrogen-bond donors (Lipinski definition) is 3. The molecule has 0 unspecified atom stereocenters. The van der Waals surface area contributed by atoms with Crippen molar-refractivity contribution in [3.05, 3.63) is 59.2 Å². The lowest BCUT2D eigenvalue weighted by atomic mass is 10.1. The quantitative estimate of drug-likeness (QED) is 0.767. The summed E-state index contributed by atoms with van der Waals surface area (Å²) in [5.74, 6) is -0.705. The Morgan fingerprint density at radius 1 is 1.13 bits per heavy atom. The van der Waals surface area contributed by atoms with Crippen LogP contribution in [0, 0.1) is 6.92 Å². The Hall–Kier alpha value is -2.82. The van der Waals surface area contributed by atoms with Crippen LogP contribution in [0.25, 0.3) is 0 Å². The average molecular weight is 311 g/mol. The average Bonchev–Trinajstić information content (AvgIpc) is 2.53. The largest absolute Gasteiger partial charge is 0.376 e. The minimum Gasteiger partial charge on any atom is -0.376 e. The number of amides is 2. The number of hydrogen-bond acceptors (Lipinski definition) is 3. The van der Waals surface area contributed by atoms with Gasteiger partial charge in [-0.25, -0.2) is 0 Å². The SMILES string of the molecule is CCc1cccc(C)c1NCC(=O)Nc1cccc(C(N)=O)c1. The van der Waals surface area contributed by atoms with Crippen molar-refractivity contribution in [1.82, 2.24) is 0 Å². The highest BCUT2D eigenvalue weighted by Gasteiger charge is 2.08. The molecular formula is C18H21N3O2. The van der Waals surface area contributed by atoms with E-state index in [0.29, 0.717) is 11.3 Å². The molecule has 2 rings (SSSR count). The maximum atomic E-state index is 12.1. The summed E-state index contributed by atoms with van der Waals surface area (Å²) in [6.45, 7) is 4.24. The van der Waals surface area contributed by atoms with Gasteiger partial charge in [-0.15, -0.1) is 0 Å². The molecule has 0 radical (unpaired) electrons. The van der Waals surface area contributed by atoms with E-state index < -0.39 is 5.91 Å². The van der Waals surface area contributed by atoms with Crippen molar-refractivity contribution >= 4 is 23.2 Å². The van der Waals surface area contributed by atoms with Gasteiger partial charge in [0.2, 0.25) is 11.8 Å². The number of primary amides is 1. The van der Waals surface area contributed by atoms with Gasteiger partial charge in [-0.1, -0.05) is 31.2 Å². The molecule has 4 N–H and O–H groups in total. The number of nitrogens with one attached hydrogen (secondary N) is 2. The van der Waals surface area contributed by atoms with Gasteiger partial charge in [0, 0.05) is 16.9 Å². The van der Waals surface area contributed by atoms with Crippen molar-refractivity contribution < 1.29 is 9.59 Å². The first kappa shape index (κ1) is 16.5. The number of para-hydroxylation sites is 1. The van der Waals surface area contributed by atoms with E-state index in [1.54, 1.807) is 24.3 Å². The Balaban J connectivity index is 2.01. The third-order valence-electron chi connectivity index (χ3n) is 3.60. The summed E-state index contributed by atoms with van der Waals surface area (Å²) >= 11 is 0. The zero-order valence-corrected chi connectivity index (χ0v) is 13.3. The molecule has 5 nitrogen and oxygen atoms in total. The smallest absolute Gasteiger partial charge is 0.248 e. The van der Waals surface area contributed by atoms with E-state index in [2.05, 4.69) is 17.6 Å². The lowest BCUT2D eigenvalue weighted by molar-refractivity contribution is -0.114. The minimum atomic E-state index is -0.522. The van der Waals surface area contributed by atoms with E-state index in [-0.39, 0.29) is 12.5 Å². The van der Waals surface area contributed by atoms with Crippen LogP contribution in [0.2, 0.25) is 0 Å². The van der Waals surface area contributed by atoms with Crippen LogP contribution in [0.15, 0.2) is 42.5 Å². The normalized spacial score (nSPS) is 10.2. The first-order valence-corrected chi connectivity index (χ1v) is 7.53. The molecular weight excluding hydrogens is 290 g/mol. The topological polar surface area (TPSA) is 84.2 Å². The standard InChI is InChI=1S/C18H21N3O2/c1-3-13-7-4-6-12(2)17(13)20-11-16(22)21-15-9-5-8-14(10-15)18(19)23/h4-10,20H,3,11H2,1-2H3,(H2,19,23)(H,21,22). The van der Waals surface area contributed by atoms with Gasteiger partial charge in [0.05, 0.1) is 6.54 Å². The molecule has 0 aliphatic heterocycles. The lowest BCUT2D eigenvalue weighted by Crippen LogP contribution is -2.23. The van der Waals surface area contributed by atoms with E-state index in [9.17, 15) is 9.59 Å². The monoisotopic (exact) mass is 311 g/mol. The van der Waals surface area contributed by atoms with Gasteiger partial charge in [-0.3, -0.25) is 9.59 Å². The van der Waals surface area contributed by atoms with Crippen LogP contribution in [-0.4, -0.2) is 18.4 Å². The summed E-state index contributed by atoms with van der Waals surface area (Å²) in [6, 6.07) is 12.6. The van der Waals surface area contributed by atoms with Crippen LogP contribution in [0.1, 0.15) is 28.4 Å². The Labute approximate surface area is 135 Å². The van der Waals surface area contributed by atoms with Crippen LogP contribution in [0.5, 0.6) is 0 Å². The second-order valence-corrected chi connectivity index (χ2v) is 5.31. The third kappa shape index (κ3) is 4.32. The van der Waals surface area contributed by atoms with E-state index in [0.717, 1.165) is 17.7 Å². The van der Waals surface area contributed by atoms with E-state index in [1.807, 2.05) is 25.1 Å². The first-order chi connectivity index (χ1) is 11.0. The fourth-order valence-corrected chi connectivity index (χ4v) is 2.40. The Bertz CT molecular complexity index is 726. The molecule has 120 valence electrons. The summed E-state index contributed by atoms with van der Waals surface area (Å²) < 4.78 is 0. The predicted molar refractivity (Wildman–Crippen MR) is 92.6 cm³/mol. The zero-order chi connectivity index (χ0) is 16.8. The molecule has 0 spiro atoms. The van der Waals surface area contributed by atoms with Crippen LogP contribution < -0.4 is 16.4 Å². The molecule has 0 heterocycles. The van der Waals surface area contributed by atoms with Gasteiger partial charge in [0.1, 0.15) is 0 Å². The van der Waals surface area contributed by atoms with E-state index >= 15 is 0 Å². The molecule has 0 aromatic heterocycles. The van der Waals surface area contributed by atoms with Crippen LogP contribution in [-0.2, 0) is 11.2 Å². The highest BCUT2D eigenvalue weighted by atomic mass is 16.2. The van der Waals surface area contributed by atoms with Gasteiger partial charge in [0.15, 0.2) is 0 Å². The van der Waals surface area contributed by atoms with E-state index in [1.165, 1.54) is 5.56 Å². The summed E-state index contributed by atoms with van der Waals surface area (Å²) in [7, 11) is 0. The van der Waals surface area contributed by atoms with E-state index in [4.69, 9.17) is 5.73 Å². The number of benzene rings is 2. The minimum absolute atomic E-state index is 0.151. The van der Waals surface area contributed by atoms with Crippen molar-refractivity contribution in [3.63, 3.8) is 0 Å².